The average molecular weight is 264 g/mol. The zero-order chi connectivity index (χ0) is 13.9. The fourth-order valence-electron chi connectivity index (χ4n) is 2.12. The van der Waals surface area contributed by atoms with E-state index in [2.05, 4.69) is 10.3 Å². The highest BCUT2D eigenvalue weighted by Gasteiger charge is 2.12. The van der Waals surface area contributed by atoms with Crippen molar-refractivity contribution in [3.8, 4) is 0 Å². The summed E-state index contributed by atoms with van der Waals surface area (Å²) in [6, 6.07) is 17.0. The summed E-state index contributed by atoms with van der Waals surface area (Å²) in [5, 5.41) is 13.9. The third-order valence-corrected chi connectivity index (χ3v) is 3.06. The summed E-state index contributed by atoms with van der Waals surface area (Å²) >= 11 is 0. The largest absolute Gasteiger partial charge is 0.478 e. The van der Waals surface area contributed by atoms with Gasteiger partial charge in [0.1, 0.15) is 5.82 Å². The molecule has 1 heterocycles. The zero-order valence-corrected chi connectivity index (χ0v) is 10.6. The van der Waals surface area contributed by atoms with E-state index in [1.807, 2.05) is 48.5 Å². The van der Waals surface area contributed by atoms with Crippen LogP contribution >= 0.6 is 0 Å². The number of benzene rings is 2. The van der Waals surface area contributed by atoms with E-state index in [9.17, 15) is 9.90 Å². The molecule has 0 aliphatic heterocycles. The van der Waals surface area contributed by atoms with Crippen LogP contribution in [0.2, 0.25) is 0 Å². The summed E-state index contributed by atoms with van der Waals surface area (Å²) in [5.74, 6) is -0.322. The van der Waals surface area contributed by atoms with Crippen molar-refractivity contribution in [3.63, 3.8) is 0 Å². The summed E-state index contributed by atoms with van der Waals surface area (Å²) < 4.78 is 0. The van der Waals surface area contributed by atoms with Crippen molar-refractivity contribution in [2.45, 2.75) is 0 Å². The quantitative estimate of drug-likeness (QED) is 0.757. The third kappa shape index (κ3) is 2.19. The molecule has 0 aliphatic carbocycles. The van der Waals surface area contributed by atoms with Gasteiger partial charge in [-0.05, 0) is 12.1 Å². The Morgan fingerprint density at radius 3 is 2.30 bits per heavy atom. The number of para-hydroxylation sites is 1. The highest BCUT2D eigenvalue weighted by atomic mass is 16.4. The Morgan fingerprint density at radius 2 is 1.60 bits per heavy atom. The number of carboxylic acid groups (broad SMARTS) is 1. The second-order valence-electron chi connectivity index (χ2n) is 4.36. The van der Waals surface area contributed by atoms with Gasteiger partial charge in [-0.2, -0.15) is 0 Å². The van der Waals surface area contributed by atoms with Gasteiger partial charge in [-0.15, -0.1) is 0 Å². The van der Waals surface area contributed by atoms with Crippen LogP contribution in [0.5, 0.6) is 0 Å². The fraction of sp³-hybridized carbons (Fsp3) is 0. The molecule has 1 aromatic heterocycles. The number of anilines is 2. The first-order chi connectivity index (χ1) is 9.75. The maximum atomic E-state index is 11.2. The molecule has 0 saturated carbocycles. The van der Waals surface area contributed by atoms with Crippen molar-refractivity contribution < 1.29 is 9.90 Å². The van der Waals surface area contributed by atoms with Crippen LogP contribution in [0.3, 0.4) is 0 Å². The molecular weight excluding hydrogens is 252 g/mol. The number of hydrogen-bond acceptors (Lipinski definition) is 3. The highest BCUT2D eigenvalue weighted by Crippen LogP contribution is 2.26. The molecule has 3 rings (SSSR count). The lowest BCUT2D eigenvalue weighted by Gasteiger charge is -2.10. The SMILES string of the molecule is O=C(O)c1cnc(Nc2ccccc2)c2ccccc12. The number of aromatic carboxylic acids is 1. The topological polar surface area (TPSA) is 62.2 Å². The number of rotatable bonds is 3. The van der Waals surface area contributed by atoms with E-state index in [-0.39, 0.29) is 5.56 Å². The predicted molar refractivity (Wildman–Crippen MR) is 78.4 cm³/mol. The van der Waals surface area contributed by atoms with Crippen molar-refractivity contribution in [2.75, 3.05) is 5.32 Å². The Balaban J connectivity index is 2.13. The first-order valence-electron chi connectivity index (χ1n) is 6.19. The van der Waals surface area contributed by atoms with Gasteiger partial charge in [-0.1, -0.05) is 42.5 Å². The predicted octanol–water partition coefficient (Wildman–Crippen LogP) is 3.68. The fourth-order valence-corrected chi connectivity index (χ4v) is 2.12. The first-order valence-corrected chi connectivity index (χ1v) is 6.19. The van der Waals surface area contributed by atoms with Gasteiger partial charge in [0.2, 0.25) is 0 Å². The molecular formula is C16H12N2O2. The van der Waals surface area contributed by atoms with E-state index in [0.29, 0.717) is 11.2 Å². The van der Waals surface area contributed by atoms with E-state index in [1.54, 1.807) is 6.07 Å². The lowest BCUT2D eigenvalue weighted by Crippen LogP contribution is -2.02. The number of fused-ring (bicyclic) bond motifs is 1. The molecule has 20 heavy (non-hydrogen) atoms. The summed E-state index contributed by atoms with van der Waals surface area (Å²) in [6.45, 7) is 0. The smallest absolute Gasteiger partial charge is 0.337 e. The summed E-state index contributed by atoms with van der Waals surface area (Å²) in [5.41, 5.74) is 1.12. The Morgan fingerprint density at radius 1 is 0.950 bits per heavy atom. The normalized spacial score (nSPS) is 10.4. The number of carbonyl (C=O) groups is 1. The lowest BCUT2D eigenvalue weighted by atomic mass is 10.1. The van der Waals surface area contributed by atoms with Crippen LogP contribution in [0.4, 0.5) is 11.5 Å². The molecule has 0 atom stereocenters. The molecule has 0 amide bonds. The van der Waals surface area contributed by atoms with E-state index in [4.69, 9.17) is 0 Å². The Kier molecular flexibility index (Phi) is 3.05. The molecule has 4 nitrogen and oxygen atoms in total. The van der Waals surface area contributed by atoms with Crippen molar-refractivity contribution in [2.24, 2.45) is 0 Å². The Hall–Kier alpha value is -2.88. The van der Waals surface area contributed by atoms with Gasteiger partial charge in [0.25, 0.3) is 0 Å². The maximum Gasteiger partial charge on any atom is 0.337 e. The number of pyridine rings is 1. The molecule has 0 radical (unpaired) electrons. The molecule has 2 aromatic carbocycles. The van der Waals surface area contributed by atoms with Crippen LogP contribution in [0.15, 0.2) is 60.8 Å². The molecule has 0 unspecified atom stereocenters. The van der Waals surface area contributed by atoms with Gasteiger partial charge in [0.15, 0.2) is 0 Å². The van der Waals surface area contributed by atoms with Crippen molar-refractivity contribution in [1.29, 1.82) is 0 Å². The number of nitrogens with one attached hydrogen (secondary N) is 1. The van der Waals surface area contributed by atoms with Gasteiger partial charge in [0, 0.05) is 22.7 Å². The van der Waals surface area contributed by atoms with Gasteiger partial charge in [0.05, 0.1) is 5.56 Å². The molecule has 2 N–H and O–H groups in total. The number of aromatic nitrogens is 1. The molecule has 0 fully saturated rings. The van der Waals surface area contributed by atoms with E-state index < -0.39 is 5.97 Å². The number of hydrogen-bond donors (Lipinski definition) is 2. The van der Waals surface area contributed by atoms with Crippen LogP contribution in [0.25, 0.3) is 10.8 Å². The maximum absolute atomic E-state index is 11.2. The van der Waals surface area contributed by atoms with Crippen LogP contribution in [0, 0.1) is 0 Å². The second-order valence-corrected chi connectivity index (χ2v) is 4.36. The summed E-state index contributed by atoms with van der Waals surface area (Å²) in [4.78, 5) is 15.5. The van der Waals surface area contributed by atoms with Crippen molar-refractivity contribution >= 4 is 28.2 Å². The van der Waals surface area contributed by atoms with Gasteiger partial charge >= 0.3 is 5.97 Å². The minimum atomic E-state index is -0.972. The summed E-state index contributed by atoms with van der Waals surface area (Å²) in [7, 11) is 0. The summed E-state index contributed by atoms with van der Waals surface area (Å²) in [6.07, 6.45) is 1.38. The van der Waals surface area contributed by atoms with Crippen LogP contribution in [0.1, 0.15) is 10.4 Å². The molecule has 3 aromatic rings. The lowest BCUT2D eigenvalue weighted by molar-refractivity contribution is 0.0698. The monoisotopic (exact) mass is 264 g/mol. The molecule has 0 bridgehead atoms. The van der Waals surface area contributed by atoms with Crippen molar-refractivity contribution in [1.82, 2.24) is 4.98 Å². The van der Waals surface area contributed by atoms with E-state index >= 15 is 0 Å². The van der Waals surface area contributed by atoms with Gasteiger partial charge in [-0.3, -0.25) is 0 Å². The van der Waals surface area contributed by atoms with Crippen LogP contribution < -0.4 is 5.32 Å². The minimum absolute atomic E-state index is 0.208. The number of nitrogens with zero attached hydrogens (tertiary/aromatic N) is 1. The molecule has 0 saturated heterocycles. The van der Waals surface area contributed by atoms with Crippen LogP contribution in [-0.2, 0) is 0 Å². The molecule has 0 spiro atoms. The van der Waals surface area contributed by atoms with Gasteiger partial charge in [-0.25, -0.2) is 9.78 Å². The molecule has 4 heteroatoms. The van der Waals surface area contributed by atoms with E-state index in [1.165, 1.54) is 6.20 Å². The van der Waals surface area contributed by atoms with Gasteiger partial charge < -0.3 is 10.4 Å². The third-order valence-electron chi connectivity index (χ3n) is 3.06. The highest BCUT2D eigenvalue weighted by molar-refractivity contribution is 6.06. The zero-order valence-electron chi connectivity index (χ0n) is 10.6. The molecule has 98 valence electrons. The first kappa shape index (κ1) is 12.2. The average Bonchev–Trinajstić information content (AvgIpc) is 2.48. The Bertz CT molecular complexity index is 770. The van der Waals surface area contributed by atoms with Crippen LogP contribution in [-0.4, -0.2) is 16.1 Å². The second kappa shape index (κ2) is 5.01. The molecule has 0 aliphatic rings. The van der Waals surface area contributed by atoms with Crippen molar-refractivity contribution in [3.05, 3.63) is 66.4 Å². The minimum Gasteiger partial charge on any atom is -0.478 e. The standard InChI is InChI=1S/C16H12N2O2/c19-16(20)14-10-17-15(13-9-5-4-8-12(13)14)18-11-6-2-1-3-7-11/h1-10H,(H,17,18)(H,19,20). The van der Waals surface area contributed by atoms with E-state index in [0.717, 1.165) is 11.1 Å². The Labute approximate surface area is 115 Å². The number of carboxylic acids is 1.